The largest absolute Gasteiger partial charge is 0.411 e. The minimum absolute atomic E-state index is 0.223. The van der Waals surface area contributed by atoms with Gasteiger partial charge in [-0.1, -0.05) is 16.8 Å². The van der Waals surface area contributed by atoms with E-state index in [1.807, 2.05) is 0 Å². The van der Waals surface area contributed by atoms with Crippen LogP contribution in [0.2, 0.25) is 5.15 Å². The van der Waals surface area contributed by atoms with E-state index >= 15 is 0 Å². The molecule has 0 saturated carbocycles. The van der Waals surface area contributed by atoms with Crippen LogP contribution in [0, 0.1) is 0 Å². The van der Waals surface area contributed by atoms with Crippen LogP contribution >= 0.6 is 11.6 Å². The fourth-order valence-corrected chi connectivity index (χ4v) is 0.638. The third-order valence-corrected chi connectivity index (χ3v) is 1.20. The van der Waals surface area contributed by atoms with Crippen molar-refractivity contribution in [1.82, 2.24) is 10.2 Å². The Hall–Kier alpha value is -1.16. The molecule has 1 aromatic rings. The lowest BCUT2D eigenvalue weighted by Gasteiger charge is -1.90. The van der Waals surface area contributed by atoms with E-state index in [0.717, 1.165) is 0 Å². The van der Waals surface area contributed by atoms with Crippen LogP contribution in [0.1, 0.15) is 5.56 Å². The first-order chi connectivity index (χ1) is 4.84. The zero-order chi connectivity index (χ0) is 7.40. The Morgan fingerprint density at radius 2 is 2.50 bits per heavy atom. The van der Waals surface area contributed by atoms with E-state index in [2.05, 4.69) is 15.4 Å². The first-order valence-electron chi connectivity index (χ1n) is 2.49. The molecule has 0 fully saturated rings. The molecule has 1 heterocycles. The van der Waals surface area contributed by atoms with E-state index < -0.39 is 0 Å². The van der Waals surface area contributed by atoms with Gasteiger partial charge in [0.1, 0.15) is 0 Å². The molecule has 10 heavy (non-hydrogen) atoms. The van der Waals surface area contributed by atoms with Gasteiger partial charge in [-0.3, -0.25) is 0 Å². The Morgan fingerprint density at radius 1 is 1.70 bits per heavy atom. The molecular formula is C5H4ClN3O. The summed E-state index contributed by atoms with van der Waals surface area (Å²) in [7, 11) is 0. The lowest BCUT2D eigenvalue weighted by molar-refractivity contribution is 0.322. The number of hydrogen-bond donors (Lipinski definition) is 1. The molecule has 0 aliphatic heterocycles. The van der Waals surface area contributed by atoms with Gasteiger partial charge in [0.2, 0.25) is 0 Å². The van der Waals surface area contributed by atoms with Crippen molar-refractivity contribution in [3.63, 3.8) is 0 Å². The Balaban J connectivity index is 3.03. The van der Waals surface area contributed by atoms with Gasteiger partial charge >= 0.3 is 0 Å². The summed E-state index contributed by atoms with van der Waals surface area (Å²) in [5.74, 6) is 0. The average molecular weight is 158 g/mol. The zero-order valence-corrected chi connectivity index (χ0v) is 5.65. The second-order valence-corrected chi connectivity index (χ2v) is 1.88. The lowest BCUT2D eigenvalue weighted by Crippen LogP contribution is -1.87. The highest BCUT2D eigenvalue weighted by molar-refractivity contribution is 6.31. The van der Waals surface area contributed by atoms with E-state index in [0.29, 0.717) is 5.56 Å². The van der Waals surface area contributed by atoms with E-state index in [9.17, 15) is 0 Å². The van der Waals surface area contributed by atoms with Crippen LogP contribution in [-0.4, -0.2) is 21.6 Å². The van der Waals surface area contributed by atoms with Crippen molar-refractivity contribution in [2.24, 2.45) is 5.16 Å². The van der Waals surface area contributed by atoms with E-state index in [4.69, 9.17) is 16.8 Å². The summed E-state index contributed by atoms with van der Waals surface area (Å²) in [5, 5.41) is 18.1. The first-order valence-corrected chi connectivity index (χ1v) is 2.87. The van der Waals surface area contributed by atoms with Crippen LogP contribution < -0.4 is 0 Å². The molecule has 1 aromatic heterocycles. The van der Waals surface area contributed by atoms with Crippen LogP contribution in [0.3, 0.4) is 0 Å². The molecule has 52 valence electrons. The average Bonchev–Trinajstić information content (AvgIpc) is 1.94. The molecule has 0 aliphatic rings. The number of rotatable bonds is 1. The highest BCUT2D eigenvalue weighted by Crippen LogP contribution is 2.06. The quantitative estimate of drug-likeness (QED) is 0.375. The molecular weight excluding hydrogens is 154 g/mol. The summed E-state index contributed by atoms with van der Waals surface area (Å²) in [6.07, 6.45) is 2.65. The van der Waals surface area contributed by atoms with Crippen molar-refractivity contribution in [3.8, 4) is 0 Å². The molecule has 4 nitrogen and oxygen atoms in total. The smallest absolute Gasteiger partial charge is 0.160 e. The summed E-state index contributed by atoms with van der Waals surface area (Å²) in [6, 6.07) is 1.59. The van der Waals surface area contributed by atoms with Gasteiger partial charge in [0.15, 0.2) is 5.15 Å². The van der Waals surface area contributed by atoms with Gasteiger partial charge in [-0.25, -0.2) is 0 Å². The number of halogens is 1. The fourth-order valence-electron chi connectivity index (χ4n) is 0.483. The Bertz CT molecular complexity index is 250. The summed E-state index contributed by atoms with van der Waals surface area (Å²) in [5.41, 5.74) is 0.541. The van der Waals surface area contributed by atoms with Gasteiger partial charge < -0.3 is 5.21 Å². The Morgan fingerprint density at radius 3 is 3.10 bits per heavy atom. The maximum absolute atomic E-state index is 8.11. The molecule has 0 saturated heterocycles. The van der Waals surface area contributed by atoms with Crippen molar-refractivity contribution >= 4 is 17.8 Å². The topological polar surface area (TPSA) is 58.4 Å². The number of aromatic nitrogens is 2. The van der Waals surface area contributed by atoms with Gasteiger partial charge in [0.05, 0.1) is 12.4 Å². The molecule has 1 rings (SSSR count). The van der Waals surface area contributed by atoms with Gasteiger partial charge in [0.25, 0.3) is 0 Å². The van der Waals surface area contributed by atoms with Gasteiger partial charge in [-0.2, -0.15) is 5.10 Å². The molecule has 0 aromatic carbocycles. The second kappa shape index (κ2) is 3.12. The molecule has 0 aliphatic carbocycles. The maximum Gasteiger partial charge on any atom is 0.160 e. The van der Waals surface area contributed by atoms with Crippen LogP contribution in [0.25, 0.3) is 0 Å². The van der Waals surface area contributed by atoms with Gasteiger partial charge in [-0.05, 0) is 6.07 Å². The zero-order valence-electron chi connectivity index (χ0n) is 4.90. The van der Waals surface area contributed by atoms with Crippen LogP contribution in [0.4, 0.5) is 0 Å². The highest BCUT2D eigenvalue weighted by atomic mass is 35.5. The minimum Gasteiger partial charge on any atom is -0.411 e. The monoisotopic (exact) mass is 157 g/mol. The highest BCUT2D eigenvalue weighted by Gasteiger charge is 1.95. The summed E-state index contributed by atoms with van der Waals surface area (Å²) >= 11 is 5.53. The molecule has 0 bridgehead atoms. The van der Waals surface area contributed by atoms with Crippen LogP contribution in [-0.2, 0) is 0 Å². The predicted octanol–water partition coefficient (Wildman–Crippen LogP) is 0.938. The van der Waals surface area contributed by atoms with Crippen molar-refractivity contribution < 1.29 is 5.21 Å². The van der Waals surface area contributed by atoms with E-state index in [1.165, 1.54) is 12.4 Å². The van der Waals surface area contributed by atoms with Crippen LogP contribution in [0.5, 0.6) is 0 Å². The standard InChI is InChI=1S/C5H4ClN3O/c6-5-4(3-8-10)1-2-7-9-5/h1-3,10H/b8-3+. The van der Waals surface area contributed by atoms with E-state index in [1.54, 1.807) is 6.07 Å². The molecule has 0 unspecified atom stereocenters. The predicted molar refractivity (Wildman–Crippen MR) is 36.4 cm³/mol. The second-order valence-electron chi connectivity index (χ2n) is 1.52. The lowest BCUT2D eigenvalue weighted by atomic mass is 10.3. The molecule has 0 atom stereocenters. The molecule has 0 spiro atoms. The normalized spacial score (nSPS) is 10.5. The third-order valence-electron chi connectivity index (χ3n) is 0.901. The summed E-state index contributed by atoms with van der Waals surface area (Å²) < 4.78 is 0. The maximum atomic E-state index is 8.11. The number of hydrogen-bond acceptors (Lipinski definition) is 4. The number of oxime groups is 1. The minimum atomic E-state index is 0.223. The molecule has 1 N–H and O–H groups in total. The molecule has 5 heteroatoms. The van der Waals surface area contributed by atoms with Gasteiger partial charge in [-0.15, -0.1) is 5.10 Å². The number of nitrogens with zero attached hydrogens (tertiary/aromatic N) is 3. The first kappa shape index (κ1) is 6.95. The van der Waals surface area contributed by atoms with E-state index in [-0.39, 0.29) is 5.15 Å². The van der Waals surface area contributed by atoms with Gasteiger partial charge in [0, 0.05) is 5.56 Å². The van der Waals surface area contributed by atoms with Crippen molar-refractivity contribution in [1.29, 1.82) is 0 Å². The van der Waals surface area contributed by atoms with Crippen molar-refractivity contribution in [2.75, 3.05) is 0 Å². The van der Waals surface area contributed by atoms with Crippen molar-refractivity contribution in [2.45, 2.75) is 0 Å². The molecule has 0 amide bonds. The third kappa shape index (κ3) is 1.41. The van der Waals surface area contributed by atoms with Crippen LogP contribution in [0.15, 0.2) is 17.4 Å². The Kier molecular flexibility index (Phi) is 2.17. The SMILES string of the molecule is O/N=C/c1ccnnc1Cl. The fraction of sp³-hybridized carbons (Fsp3) is 0. The summed E-state index contributed by atoms with van der Waals surface area (Å²) in [4.78, 5) is 0. The Labute approximate surface area is 62.2 Å². The molecule has 0 radical (unpaired) electrons. The van der Waals surface area contributed by atoms with Crippen molar-refractivity contribution in [3.05, 3.63) is 23.0 Å². The summed E-state index contributed by atoms with van der Waals surface area (Å²) in [6.45, 7) is 0.